The molecule has 0 amide bonds. The molecule has 1 aromatic carbocycles. The summed E-state index contributed by atoms with van der Waals surface area (Å²) in [5.74, 6) is 1.26. The first-order valence-electron chi connectivity index (χ1n) is 8.77. The quantitative estimate of drug-likeness (QED) is 0.404. The maximum absolute atomic E-state index is 4.29. The van der Waals surface area contributed by atoms with Gasteiger partial charge in [0.2, 0.25) is 5.13 Å². The predicted molar refractivity (Wildman–Crippen MR) is 106 cm³/mol. The number of anilines is 1. The number of nitrogens with zero attached hydrogens (tertiary/aromatic N) is 6. The van der Waals surface area contributed by atoms with E-state index in [2.05, 4.69) is 74.7 Å². The van der Waals surface area contributed by atoms with E-state index in [-0.39, 0.29) is 17.0 Å². The van der Waals surface area contributed by atoms with Crippen LogP contribution in [-0.4, -0.2) is 22.6 Å². The number of imidazole rings is 1. The Balaban J connectivity index is 0.00000261. The van der Waals surface area contributed by atoms with Gasteiger partial charge in [-0.05, 0) is 38.1 Å². The molecule has 2 heterocycles. The van der Waals surface area contributed by atoms with Crippen molar-refractivity contribution in [2.75, 3.05) is 18.0 Å². The monoisotopic (exact) mass is 448 g/mol. The van der Waals surface area contributed by atoms with Crippen LogP contribution in [0.3, 0.4) is 0 Å². The van der Waals surface area contributed by atoms with Crippen LogP contribution in [0.2, 0.25) is 0 Å². The number of aryl methyl sites for hydroxylation is 2. The van der Waals surface area contributed by atoms with Gasteiger partial charge in [0.15, 0.2) is 0 Å². The molecular formula is C19H25BrN6S. The second-order valence-corrected chi connectivity index (χ2v) is 7.05. The van der Waals surface area contributed by atoms with Gasteiger partial charge in [-0.25, -0.2) is 14.1 Å². The average molecular weight is 449 g/mol. The minimum absolute atomic E-state index is 0. The summed E-state index contributed by atoms with van der Waals surface area (Å²) in [7, 11) is 2.07. The van der Waals surface area contributed by atoms with Crippen LogP contribution in [0, 0.1) is 13.8 Å². The second-order valence-electron chi connectivity index (χ2n) is 6.22. The van der Waals surface area contributed by atoms with Gasteiger partial charge in [-0.15, -0.1) is 21.6 Å². The first-order chi connectivity index (χ1) is 12.6. The molecule has 6 nitrogen and oxygen atoms in total. The van der Waals surface area contributed by atoms with E-state index in [1.807, 2.05) is 24.4 Å². The van der Waals surface area contributed by atoms with E-state index in [9.17, 15) is 0 Å². The highest BCUT2D eigenvalue weighted by Crippen LogP contribution is 2.24. The molecule has 0 bridgehead atoms. The van der Waals surface area contributed by atoms with Gasteiger partial charge in [-0.3, -0.25) is 0 Å². The molecule has 2 aromatic heterocycles. The van der Waals surface area contributed by atoms with Crippen molar-refractivity contribution < 1.29 is 21.5 Å². The molecule has 0 aliphatic heterocycles. The molecular weight excluding hydrogens is 424 g/mol. The number of thiazole rings is 1. The summed E-state index contributed by atoms with van der Waals surface area (Å²) in [5.41, 5.74) is 3.01. The van der Waals surface area contributed by atoms with Crippen molar-refractivity contribution in [2.24, 2.45) is 17.3 Å². The number of hydrogen-bond donors (Lipinski definition) is 0. The summed E-state index contributed by atoms with van der Waals surface area (Å²) >= 11 is 1.50. The fourth-order valence-corrected chi connectivity index (χ4v) is 3.36. The molecule has 144 valence electrons. The summed E-state index contributed by atoms with van der Waals surface area (Å²) < 4.78 is 4.42. The van der Waals surface area contributed by atoms with Crippen molar-refractivity contribution in [2.45, 2.75) is 27.3 Å². The van der Waals surface area contributed by atoms with Gasteiger partial charge in [0.05, 0.1) is 25.0 Å². The van der Waals surface area contributed by atoms with Gasteiger partial charge in [0, 0.05) is 24.5 Å². The Hall–Kier alpha value is -2.06. The van der Waals surface area contributed by atoms with E-state index in [4.69, 9.17) is 0 Å². The third-order valence-corrected chi connectivity index (χ3v) is 5.30. The second kappa shape index (κ2) is 9.75. The number of rotatable bonds is 7. The van der Waals surface area contributed by atoms with Gasteiger partial charge in [-0.1, -0.05) is 0 Å². The zero-order valence-corrected chi connectivity index (χ0v) is 18.5. The van der Waals surface area contributed by atoms with Crippen LogP contribution in [0.25, 0.3) is 0 Å². The molecule has 0 saturated heterocycles. The van der Waals surface area contributed by atoms with Crippen molar-refractivity contribution in [1.82, 2.24) is 9.55 Å². The highest BCUT2D eigenvalue weighted by atomic mass is 79.9. The summed E-state index contributed by atoms with van der Waals surface area (Å²) in [6, 6.07) is 8.21. The first kappa shape index (κ1) is 21.2. The summed E-state index contributed by atoms with van der Waals surface area (Å²) in [6.07, 6.45) is 4.22. The van der Waals surface area contributed by atoms with Crippen molar-refractivity contribution in [1.29, 1.82) is 0 Å². The molecule has 0 N–H and O–H groups in total. The highest BCUT2D eigenvalue weighted by Gasteiger charge is 2.11. The average Bonchev–Trinajstić information content (AvgIpc) is 3.21. The van der Waals surface area contributed by atoms with Crippen molar-refractivity contribution in [3.63, 3.8) is 0 Å². The van der Waals surface area contributed by atoms with Gasteiger partial charge in [0.1, 0.15) is 18.9 Å². The lowest BCUT2D eigenvalue weighted by molar-refractivity contribution is -0.677. The standard InChI is InChI=1S/C19H25N6S.BrH/c1-5-24(12-13-25-11-10-23(4)16(25)3)18-8-6-17(7-9-18)21-22-19-20-15(2)14-26-19;/h6-11,14H,5,12-13H2,1-4H3;1H/q+1;/p-1. The maximum atomic E-state index is 4.29. The Morgan fingerprint density at radius 1 is 1.19 bits per heavy atom. The van der Waals surface area contributed by atoms with Gasteiger partial charge < -0.3 is 21.9 Å². The van der Waals surface area contributed by atoms with Gasteiger partial charge in [-0.2, -0.15) is 0 Å². The molecule has 0 atom stereocenters. The van der Waals surface area contributed by atoms with Crippen molar-refractivity contribution in [3.05, 3.63) is 53.6 Å². The SMILES string of the molecule is CCN(CCn1cc[n+](C)c1C)c1ccc(N=Nc2nc(C)cs2)cc1.[Br-]. The van der Waals surface area contributed by atoms with Crippen LogP contribution in [0.4, 0.5) is 16.5 Å². The molecule has 0 aliphatic carbocycles. The molecule has 0 spiro atoms. The molecule has 0 unspecified atom stereocenters. The van der Waals surface area contributed by atoms with Crippen molar-refractivity contribution >= 4 is 27.8 Å². The van der Waals surface area contributed by atoms with E-state index in [1.165, 1.54) is 22.8 Å². The lowest BCUT2D eigenvalue weighted by atomic mass is 10.2. The molecule has 0 aliphatic rings. The van der Waals surface area contributed by atoms with E-state index < -0.39 is 0 Å². The molecule has 0 radical (unpaired) electrons. The highest BCUT2D eigenvalue weighted by molar-refractivity contribution is 7.13. The van der Waals surface area contributed by atoms with Gasteiger partial charge >= 0.3 is 0 Å². The predicted octanol–water partition coefficient (Wildman–Crippen LogP) is 1.33. The van der Waals surface area contributed by atoms with E-state index in [0.717, 1.165) is 31.0 Å². The van der Waals surface area contributed by atoms with E-state index in [1.54, 1.807) is 0 Å². The Bertz CT molecular complexity index is 884. The minimum Gasteiger partial charge on any atom is -1.00 e. The van der Waals surface area contributed by atoms with Crippen LogP contribution in [0.15, 0.2) is 52.3 Å². The lowest BCUT2D eigenvalue weighted by Gasteiger charge is -2.22. The third kappa shape index (κ3) is 5.46. The summed E-state index contributed by atoms with van der Waals surface area (Å²) in [6.45, 7) is 9.17. The normalized spacial score (nSPS) is 11.0. The number of likely N-dealkylation sites (N-methyl/N-ethyl adjacent to an activating group) is 1. The lowest BCUT2D eigenvalue weighted by Crippen LogP contribution is -3.00. The van der Waals surface area contributed by atoms with Crippen LogP contribution in [-0.2, 0) is 13.6 Å². The zero-order valence-electron chi connectivity index (χ0n) is 16.1. The number of aromatic nitrogens is 3. The number of benzene rings is 1. The molecule has 8 heteroatoms. The van der Waals surface area contributed by atoms with Crippen LogP contribution < -0.4 is 26.4 Å². The minimum atomic E-state index is 0. The Morgan fingerprint density at radius 3 is 2.48 bits per heavy atom. The smallest absolute Gasteiger partial charge is 0.253 e. The maximum Gasteiger partial charge on any atom is 0.253 e. The Morgan fingerprint density at radius 2 is 1.93 bits per heavy atom. The van der Waals surface area contributed by atoms with Crippen LogP contribution in [0.1, 0.15) is 18.4 Å². The van der Waals surface area contributed by atoms with Gasteiger partial charge in [0.25, 0.3) is 5.82 Å². The van der Waals surface area contributed by atoms with E-state index in [0.29, 0.717) is 5.13 Å². The fourth-order valence-electron chi connectivity index (χ4n) is 2.75. The van der Waals surface area contributed by atoms with Crippen molar-refractivity contribution in [3.8, 4) is 0 Å². The molecule has 27 heavy (non-hydrogen) atoms. The molecule has 0 fully saturated rings. The zero-order chi connectivity index (χ0) is 18.5. The largest absolute Gasteiger partial charge is 1.00 e. The molecule has 0 saturated carbocycles. The van der Waals surface area contributed by atoms with Crippen LogP contribution in [0.5, 0.6) is 0 Å². The topological polar surface area (TPSA) is 49.7 Å². The third-order valence-electron chi connectivity index (χ3n) is 4.46. The summed E-state index contributed by atoms with van der Waals surface area (Å²) in [5, 5.41) is 11.1. The Kier molecular flexibility index (Phi) is 7.67. The number of halogens is 1. The summed E-state index contributed by atoms with van der Waals surface area (Å²) in [4.78, 5) is 6.66. The van der Waals surface area contributed by atoms with E-state index >= 15 is 0 Å². The first-order valence-corrected chi connectivity index (χ1v) is 9.65. The fraction of sp³-hybridized carbons (Fsp3) is 0.368. The number of azo groups is 1. The van der Waals surface area contributed by atoms with Crippen LogP contribution >= 0.6 is 11.3 Å². The molecule has 3 aromatic rings. The number of hydrogen-bond acceptors (Lipinski definition) is 5. The Labute approximate surface area is 175 Å². The molecule has 3 rings (SSSR count).